The zero-order chi connectivity index (χ0) is 22.7. The van der Waals surface area contributed by atoms with E-state index in [4.69, 9.17) is 4.74 Å². The summed E-state index contributed by atoms with van der Waals surface area (Å²) >= 11 is 0. The highest BCUT2D eigenvalue weighted by Gasteiger charge is 2.46. The van der Waals surface area contributed by atoms with Crippen LogP contribution >= 0.6 is 0 Å². The molecular weight excluding hydrogens is 396 g/mol. The van der Waals surface area contributed by atoms with Gasteiger partial charge < -0.3 is 24.7 Å². The third-order valence-corrected chi connectivity index (χ3v) is 5.40. The third-order valence-electron chi connectivity index (χ3n) is 5.40. The molecule has 0 aliphatic carbocycles. The van der Waals surface area contributed by atoms with Gasteiger partial charge in [-0.2, -0.15) is 0 Å². The SMILES string of the molecule is COc1ccc(/C(O)=C2\C(=O)C(=O)N(CCCN(C)C)C2c2ccc(C)cc2)c(O)c1. The number of hydrogen-bond donors (Lipinski definition) is 2. The van der Waals surface area contributed by atoms with Gasteiger partial charge in [-0.15, -0.1) is 0 Å². The molecule has 1 fully saturated rings. The molecule has 1 saturated heterocycles. The van der Waals surface area contributed by atoms with Crippen LogP contribution in [0, 0.1) is 6.92 Å². The molecule has 0 bridgehead atoms. The summed E-state index contributed by atoms with van der Waals surface area (Å²) in [5.74, 6) is -1.65. The average Bonchev–Trinajstić information content (AvgIpc) is 2.98. The Morgan fingerprint density at radius 3 is 2.39 bits per heavy atom. The number of ketones is 1. The fraction of sp³-hybridized carbons (Fsp3) is 0.333. The van der Waals surface area contributed by atoms with Gasteiger partial charge in [0.2, 0.25) is 0 Å². The summed E-state index contributed by atoms with van der Waals surface area (Å²) in [4.78, 5) is 29.4. The molecule has 164 valence electrons. The van der Waals surface area contributed by atoms with Crippen molar-refractivity contribution in [3.05, 3.63) is 64.7 Å². The number of benzene rings is 2. The summed E-state index contributed by atoms with van der Waals surface area (Å²) in [6, 6.07) is 11.2. The molecule has 0 saturated carbocycles. The highest BCUT2D eigenvalue weighted by atomic mass is 16.5. The van der Waals surface area contributed by atoms with Gasteiger partial charge in [-0.1, -0.05) is 29.8 Å². The topological polar surface area (TPSA) is 90.3 Å². The summed E-state index contributed by atoms with van der Waals surface area (Å²) < 4.78 is 5.08. The monoisotopic (exact) mass is 424 g/mol. The van der Waals surface area contributed by atoms with Gasteiger partial charge in [0.1, 0.15) is 17.3 Å². The Morgan fingerprint density at radius 1 is 1.13 bits per heavy atom. The first-order chi connectivity index (χ1) is 14.7. The van der Waals surface area contributed by atoms with Crippen molar-refractivity contribution in [2.45, 2.75) is 19.4 Å². The molecule has 0 radical (unpaired) electrons. The van der Waals surface area contributed by atoms with Crippen molar-refractivity contribution in [3.63, 3.8) is 0 Å². The van der Waals surface area contributed by atoms with Gasteiger partial charge in [-0.25, -0.2) is 0 Å². The third kappa shape index (κ3) is 4.56. The van der Waals surface area contributed by atoms with Crippen LogP contribution in [0.1, 0.15) is 29.2 Å². The minimum atomic E-state index is -0.761. The van der Waals surface area contributed by atoms with Crippen molar-refractivity contribution in [1.29, 1.82) is 0 Å². The first kappa shape index (κ1) is 22.4. The molecule has 0 spiro atoms. The van der Waals surface area contributed by atoms with Gasteiger partial charge in [-0.3, -0.25) is 9.59 Å². The maximum Gasteiger partial charge on any atom is 0.295 e. The Hall–Kier alpha value is -3.32. The van der Waals surface area contributed by atoms with Crippen molar-refractivity contribution in [2.24, 2.45) is 0 Å². The number of carbonyl (C=O) groups excluding carboxylic acids is 2. The van der Waals surface area contributed by atoms with Gasteiger partial charge in [0.25, 0.3) is 11.7 Å². The van der Waals surface area contributed by atoms with E-state index in [9.17, 15) is 19.8 Å². The van der Waals surface area contributed by atoms with Crippen molar-refractivity contribution < 1.29 is 24.5 Å². The van der Waals surface area contributed by atoms with Crippen LogP contribution in [0.5, 0.6) is 11.5 Å². The number of aryl methyl sites for hydroxylation is 1. The zero-order valence-electron chi connectivity index (χ0n) is 18.3. The van der Waals surface area contributed by atoms with E-state index >= 15 is 0 Å². The number of ether oxygens (including phenoxy) is 1. The molecule has 7 heteroatoms. The highest BCUT2D eigenvalue weighted by Crippen LogP contribution is 2.41. The lowest BCUT2D eigenvalue weighted by atomic mass is 9.94. The molecule has 31 heavy (non-hydrogen) atoms. The number of Topliss-reactive ketones (excluding diaryl/α,β-unsaturated/α-hetero) is 1. The molecule has 2 N–H and O–H groups in total. The maximum atomic E-state index is 13.0. The zero-order valence-corrected chi connectivity index (χ0v) is 18.3. The lowest BCUT2D eigenvalue weighted by Gasteiger charge is -2.26. The first-order valence-corrected chi connectivity index (χ1v) is 10.1. The van der Waals surface area contributed by atoms with E-state index in [1.165, 1.54) is 24.1 Å². The number of nitrogens with zero attached hydrogens (tertiary/aromatic N) is 2. The largest absolute Gasteiger partial charge is 0.507 e. The molecule has 1 aliphatic rings. The quantitative estimate of drug-likeness (QED) is 0.403. The number of aliphatic hydroxyl groups excluding tert-OH is 1. The molecule has 2 aromatic carbocycles. The standard InChI is InChI=1S/C24H28N2O5/c1-15-6-8-16(9-7-15)21-20(22(28)18-11-10-17(31-4)14-19(18)27)23(29)24(30)26(21)13-5-12-25(2)3/h6-11,14,21,27-28H,5,12-13H2,1-4H3/b22-20+. The number of phenols is 1. The number of likely N-dealkylation sites (tertiary alicyclic amines) is 1. The van der Waals surface area contributed by atoms with E-state index in [0.29, 0.717) is 18.7 Å². The number of methoxy groups -OCH3 is 1. The van der Waals surface area contributed by atoms with Gasteiger partial charge in [0.05, 0.1) is 24.3 Å². The Labute approximate surface area is 182 Å². The molecule has 0 aromatic heterocycles. The lowest BCUT2D eigenvalue weighted by Crippen LogP contribution is -2.32. The van der Waals surface area contributed by atoms with Gasteiger partial charge in [-0.05, 0) is 51.7 Å². The predicted molar refractivity (Wildman–Crippen MR) is 118 cm³/mol. The van der Waals surface area contributed by atoms with Gasteiger partial charge in [0, 0.05) is 12.6 Å². The van der Waals surface area contributed by atoms with Crippen LogP contribution in [-0.2, 0) is 9.59 Å². The molecule has 1 amide bonds. The van der Waals surface area contributed by atoms with E-state index in [-0.39, 0.29) is 16.9 Å². The number of aliphatic hydroxyl groups is 1. The molecule has 1 heterocycles. The number of hydrogen-bond acceptors (Lipinski definition) is 6. The molecule has 1 atom stereocenters. The molecule has 7 nitrogen and oxygen atoms in total. The van der Waals surface area contributed by atoms with Crippen LogP contribution in [0.25, 0.3) is 5.76 Å². The van der Waals surface area contributed by atoms with Crippen molar-refractivity contribution >= 4 is 17.4 Å². The fourth-order valence-electron chi connectivity index (χ4n) is 3.75. The molecule has 3 rings (SSSR count). The fourth-order valence-corrected chi connectivity index (χ4v) is 3.75. The summed E-state index contributed by atoms with van der Waals surface area (Å²) in [6.07, 6.45) is 0.677. The van der Waals surface area contributed by atoms with Crippen molar-refractivity contribution in [3.8, 4) is 11.5 Å². The van der Waals surface area contributed by atoms with E-state index in [2.05, 4.69) is 0 Å². The molecular formula is C24H28N2O5. The van der Waals surface area contributed by atoms with Crippen LogP contribution in [0.15, 0.2) is 48.0 Å². The number of rotatable bonds is 7. The second kappa shape index (κ2) is 9.22. The van der Waals surface area contributed by atoms with Crippen LogP contribution in [0.4, 0.5) is 0 Å². The van der Waals surface area contributed by atoms with Crippen LogP contribution in [0.3, 0.4) is 0 Å². The Kier molecular flexibility index (Phi) is 6.65. The minimum Gasteiger partial charge on any atom is -0.507 e. The summed E-state index contributed by atoms with van der Waals surface area (Å²) in [5.41, 5.74) is 1.81. The second-order valence-electron chi connectivity index (χ2n) is 7.94. The normalized spacial score (nSPS) is 18.1. The van der Waals surface area contributed by atoms with Crippen LogP contribution in [-0.4, -0.2) is 66.0 Å². The van der Waals surface area contributed by atoms with Gasteiger partial charge in [0.15, 0.2) is 0 Å². The molecule has 1 aliphatic heterocycles. The highest BCUT2D eigenvalue weighted by molar-refractivity contribution is 6.46. The lowest BCUT2D eigenvalue weighted by molar-refractivity contribution is -0.139. The second-order valence-corrected chi connectivity index (χ2v) is 7.94. The number of carbonyl (C=O) groups is 2. The van der Waals surface area contributed by atoms with E-state index in [1.807, 2.05) is 50.2 Å². The predicted octanol–water partition coefficient (Wildman–Crippen LogP) is 3.08. The molecule has 1 unspecified atom stereocenters. The Balaban J connectivity index is 2.11. The maximum absolute atomic E-state index is 13.0. The molecule has 2 aromatic rings. The number of phenolic OH excluding ortho intramolecular Hbond substituents is 1. The Bertz CT molecular complexity index is 1010. The average molecular weight is 424 g/mol. The minimum absolute atomic E-state index is 0.0285. The van der Waals surface area contributed by atoms with E-state index in [0.717, 1.165) is 17.7 Å². The van der Waals surface area contributed by atoms with Crippen molar-refractivity contribution in [2.75, 3.05) is 34.3 Å². The number of amides is 1. The van der Waals surface area contributed by atoms with Gasteiger partial charge >= 0.3 is 0 Å². The summed E-state index contributed by atoms with van der Waals surface area (Å²) in [5, 5.41) is 21.4. The number of aromatic hydroxyl groups is 1. The van der Waals surface area contributed by atoms with E-state index < -0.39 is 23.5 Å². The smallest absolute Gasteiger partial charge is 0.295 e. The summed E-state index contributed by atoms with van der Waals surface area (Å²) in [6.45, 7) is 3.07. The van der Waals surface area contributed by atoms with Crippen molar-refractivity contribution in [1.82, 2.24) is 9.80 Å². The Morgan fingerprint density at radius 2 is 1.81 bits per heavy atom. The summed E-state index contributed by atoms with van der Waals surface area (Å²) in [7, 11) is 5.35. The first-order valence-electron chi connectivity index (χ1n) is 10.1. The van der Waals surface area contributed by atoms with E-state index in [1.54, 1.807) is 6.07 Å². The van der Waals surface area contributed by atoms with Crippen LogP contribution in [0.2, 0.25) is 0 Å². The van der Waals surface area contributed by atoms with Crippen LogP contribution < -0.4 is 4.74 Å².